The summed E-state index contributed by atoms with van der Waals surface area (Å²) in [6.07, 6.45) is 1.73. The predicted molar refractivity (Wildman–Crippen MR) is 104 cm³/mol. The molecule has 0 saturated carbocycles. The van der Waals surface area contributed by atoms with Gasteiger partial charge in [0.1, 0.15) is 11.4 Å². The van der Waals surface area contributed by atoms with Crippen LogP contribution in [-0.4, -0.2) is 29.0 Å². The summed E-state index contributed by atoms with van der Waals surface area (Å²) in [4.78, 5) is 12.1. The van der Waals surface area contributed by atoms with Gasteiger partial charge >= 0.3 is 6.09 Å². The minimum atomic E-state index is -1.14. The number of amides is 1. The van der Waals surface area contributed by atoms with E-state index in [1.54, 1.807) is 34.6 Å². The molecule has 1 rings (SSSR count). The molecule has 5 heteroatoms. The number of hydrogen-bond donors (Lipinski definition) is 2. The molecule has 0 spiro atoms. The second kappa shape index (κ2) is 9.26. The van der Waals surface area contributed by atoms with Crippen LogP contribution in [0.1, 0.15) is 72.9 Å². The van der Waals surface area contributed by atoms with Gasteiger partial charge in [-0.1, -0.05) is 32.4 Å². The first kappa shape index (κ1) is 22.3. The standard InChI is InChI=1S/C21H35NO4/c1-8-9-15(2)14-25-17-12-10-16(11-13-17)18(21(6,7)24)22-19(23)26-20(3,4)5/h10-13,15,18,24H,8-9,14H2,1-7H3,(H,22,23)/t15-,18+/m0/s1. The third kappa shape index (κ3) is 8.09. The number of ether oxygens (including phenoxy) is 2. The number of nitrogens with one attached hydrogen (secondary N) is 1. The maximum absolute atomic E-state index is 12.1. The van der Waals surface area contributed by atoms with Crippen molar-refractivity contribution in [3.05, 3.63) is 29.8 Å². The highest BCUT2D eigenvalue weighted by Gasteiger charge is 2.31. The lowest BCUT2D eigenvalue weighted by atomic mass is 9.92. The van der Waals surface area contributed by atoms with Gasteiger partial charge in [0, 0.05) is 0 Å². The van der Waals surface area contributed by atoms with E-state index < -0.39 is 23.3 Å². The maximum atomic E-state index is 12.1. The zero-order valence-corrected chi connectivity index (χ0v) is 17.3. The molecule has 2 N–H and O–H groups in total. The molecule has 0 aliphatic rings. The van der Waals surface area contributed by atoms with E-state index in [1.807, 2.05) is 24.3 Å². The number of benzene rings is 1. The molecule has 0 unspecified atom stereocenters. The zero-order valence-electron chi connectivity index (χ0n) is 17.3. The number of aliphatic hydroxyl groups is 1. The van der Waals surface area contributed by atoms with E-state index in [-0.39, 0.29) is 0 Å². The monoisotopic (exact) mass is 365 g/mol. The van der Waals surface area contributed by atoms with Gasteiger partial charge in [-0.25, -0.2) is 4.79 Å². The predicted octanol–water partition coefficient (Wildman–Crippen LogP) is 4.84. The fraction of sp³-hybridized carbons (Fsp3) is 0.667. The molecule has 0 aromatic heterocycles. The van der Waals surface area contributed by atoms with Crippen molar-refractivity contribution in [2.75, 3.05) is 6.61 Å². The summed E-state index contributed by atoms with van der Waals surface area (Å²) >= 11 is 0. The highest BCUT2D eigenvalue weighted by Crippen LogP contribution is 2.28. The first-order valence-corrected chi connectivity index (χ1v) is 9.37. The topological polar surface area (TPSA) is 67.8 Å². The van der Waals surface area contributed by atoms with Gasteiger partial charge in [-0.3, -0.25) is 0 Å². The highest BCUT2D eigenvalue weighted by molar-refractivity contribution is 5.68. The Morgan fingerprint density at radius 2 is 1.73 bits per heavy atom. The Hall–Kier alpha value is -1.75. The van der Waals surface area contributed by atoms with Gasteiger partial charge in [-0.05, 0) is 64.7 Å². The van der Waals surface area contributed by atoms with Crippen molar-refractivity contribution in [1.29, 1.82) is 0 Å². The molecule has 0 bridgehead atoms. The van der Waals surface area contributed by atoms with Crippen molar-refractivity contribution in [2.45, 2.75) is 78.6 Å². The number of carbonyl (C=O) groups is 1. The third-order valence-corrected chi connectivity index (χ3v) is 3.90. The lowest BCUT2D eigenvalue weighted by Crippen LogP contribution is -2.44. The Bertz CT molecular complexity index is 555. The summed E-state index contributed by atoms with van der Waals surface area (Å²) in [5, 5.41) is 13.2. The van der Waals surface area contributed by atoms with Crippen LogP contribution < -0.4 is 10.1 Å². The van der Waals surface area contributed by atoms with Crippen LogP contribution in [0.25, 0.3) is 0 Å². The van der Waals surface area contributed by atoms with Crippen LogP contribution in [0.4, 0.5) is 4.79 Å². The highest BCUT2D eigenvalue weighted by atomic mass is 16.6. The van der Waals surface area contributed by atoms with E-state index in [9.17, 15) is 9.90 Å². The lowest BCUT2D eigenvalue weighted by Gasteiger charge is -2.31. The van der Waals surface area contributed by atoms with Crippen LogP contribution in [-0.2, 0) is 4.74 Å². The molecule has 0 aliphatic heterocycles. The SMILES string of the molecule is CCC[C@H](C)COc1ccc([C@@H](NC(=O)OC(C)(C)C)C(C)(C)O)cc1. The van der Waals surface area contributed by atoms with Gasteiger partial charge in [-0.2, -0.15) is 0 Å². The van der Waals surface area contributed by atoms with Crippen LogP contribution in [0.15, 0.2) is 24.3 Å². The summed E-state index contributed by atoms with van der Waals surface area (Å²) in [6, 6.07) is 6.86. The molecule has 0 radical (unpaired) electrons. The Morgan fingerprint density at radius 1 is 1.15 bits per heavy atom. The van der Waals surface area contributed by atoms with Gasteiger partial charge in [0.05, 0.1) is 18.2 Å². The minimum absolute atomic E-state index is 0.512. The molecule has 148 valence electrons. The van der Waals surface area contributed by atoms with Crippen molar-refractivity contribution in [2.24, 2.45) is 5.92 Å². The first-order valence-electron chi connectivity index (χ1n) is 9.37. The van der Waals surface area contributed by atoms with Crippen LogP contribution in [0.5, 0.6) is 5.75 Å². The smallest absolute Gasteiger partial charge is 0.408 e. The molecule has 0 saturated heterocycles. The first-order chi connectivity index (χ1) is 11.9. The molecule has 26 heavy (non-hydrogen) atoms. The molecule has 1 aromatic carbocycles. The van der Waals surface area contributed by atoms with Crippen molar-refractivity contribution in [3.8, 4) is 5.75 Å². The summed E-state index contributed by atoms with van der Waals surface area (Å²) in [6.45, 7) is 13.7. The molecule has 5 nitrogen and oxygen atoms in total. The van der Waals surface area contributed by atoms with Crippen LogP contribution in [0.2, 0.25) is 0 Å². The average Bonchev–Trinajstić information content (AvgIpc) is 2.49. The number of alkyl carbamates (subject to hydrolysis) is 1. The molecule has 0 heterocycles. The molecular formula is C21H35NO4. The van der Waals surface area contributed by atoms with Crippen molar-refractivity contribution >= 4 is 6.09 Å². The van der Waals surface area contributed by atoms with E-state index in [0.717, 1.165) is 24.2 Å². The summed E-state index contributed by atoms with van der Waals surface area (Å²) in [5.74, 6) is 1.29. The fourth-order valence-electron chi connectivity index (χ4n) is 2.66. The summed E-state index contributed by atoms with van der Waals surface area (Å²) in [5.41, 5.74) is -0.951. The third-order valence-electron chi connectivity index (χ3n) is 3.90. The van der Waals surface area contributed by atoms with Crippen LogP contribution in [0, 0.1) is 5.92 Å². The largest absolute Gasteiger partial charge is 0.493 e. The van der Waals surface area contributed by atoms with Gasteiger partial charge in [-0.15, -0.1) is 0 Å². The molecular weight excluding hydrogens is 330 g/mol. The molecule has 2 atom stereocenters. The zero-order chi connectivity index (χ0) is 20.0. The normalized spacial score (nSPS) is 14.5. The fourth-order valence-corrected chi connectivity index (χ4v) is 2.66. The van der Waals surface area contributed by atoms with Gasteiger partial charge < -0.3 is 19.9 Å². The molecule has 1 aromatic rings. The summed E-state index contributed by atoms with van der Waals surface area (Å²) in [7, 11) is 0. The molecule has 0 fully saturated rings. The van der Waals surface area contributed by atoms with Crippen LogP contribution >= 0.6 is 0 Å². The van der Waals surface area contributed by atoms with Gasteiger partial charge in [0.2, 0.25) is 0 Å². The number of rotatable bonds is 8. The Labute approximate surface area is 158 Å². The maximum Gasteiger partial charge on any atom is 0.408 e. The second-order valence-electron chi connectivity index (χ2n) is 8.51. The number of carbonyl (C=O) groups excluding carboxylic acids is 1. The van der Waals surface area contributed by atoms with Crippen LogP contribution in [0.3, 0.4) is 0 Å². The van der Waals surface area contributed by atoms with Crippen molar-refractivity contribution < 1.29 is 19.4 Å². The molecule has 0 aliphatic carbocycles. The van der Waals surface area contributed by atoms with Crippen molar-refractivity contribution in [1.82, 2.24) is 5.32 Å². The minimum Gasteiger partial charge on any atom is -0.493 e. The van der Waals surface area contributed by atoms with Gasteiger partial charge in [0.25, 0.3) is 0 Å². The van der Waals surface area contributed by atoms with Gasteiger partial charge in [0.15, 0.2) is 0 Å². The van der Waals surface area contributed by atoms with Crippen molar-refractivity contribution in [3.63, 3.8) is 0 Å². The molecule has 1 amide bonds. The van der Waals surface area contributed by atoms with E-state index in [1.165, 1.54) is 0 Å². The Kier molecular flexibility index (Phi) is 7.94. The lowest BCUT2D eigenvalue weighted by molar-refractivity contribution is 0.0163. The quantitative estimate of drug-likeness (QED) is 0.692. The van der Waals surface area contributed by atoms with E-state index in [0.29, 0.717) is 12.5 Å². The Balaban J connectivity index is 2.81. The average molecular weight is 366 g/mol. The Morgan fingerprint density at radius 3 is 2.19 bits per heavy atom. The second-order valence-corrected chi connectivity index (χ2v) is 8.51. The van der Waals surface area contributed by atoms with E-state index in [4.69, 9.17) is 9.47 Å². The summed E-state index contributed by atoms with van der Waals surface area (Å²) < 4.78 is 11.1. The van der Waals surface area contributed by atoms with E-state index >= 15 is 0 Å². The number of hydrogen-bond acceptors (Lipinski definition) is 4. The van der Waals surface area contributed by atoms with E-state index in [2.05, 4.69) is 19.2 Å².